The van der Waals surface area contributed by atoms with Crippen molar-refractivity contribution >= 4 is 5.97 Å². The molecule has 0 atom stereocenters. The van der Waals surface area contributed by atoms with Gasteiger partial charge in [-0.3, -0.25) is 4.79 Å². The highest BCUT2D eigenvalue weighted by Crippen LogP contribution is 2.03. The van der Waals surface area contributed by atoms with Crippen LogP contribution in [-0.2, 0) is 4.79 Å². The smallest absolute Gasteiger partial charge is 0.303 e. The van der Waals surface area contributed by atoms with Gasteiger partial charge in [0.2, 0.25) is 0 Å². The summed E-state index contributed by atoms with van der Waals surface area (Å²) in [7, 11) is 0. The van der Waals surface area contributed by atoms with Crippen molar-refractivity contribution in [2.24, 2.45) is 0 Å². The number of carbonyl (C=O) groups is 1. The first kappa shape index (κ1) is 16.9. The van der Waals surface area contributed by atoms with Gasteiger partial charge in [-0.05, 0) is 44.9 Å². The van der Waals surface area contributed by atoms with E-state index < -0.39 is 5.97 Å². The lowest BCUT2D eigenvalue weighted by atomic mass is 10.1. The Morgan fingerprint density at radius 2 is 1.33 bits per heavy atom. The molecule has 0 aliphatic rings. The van der Waals surface area contributed by atoms with Gasteiger partial charge >= 0.3 is 5.97 Å². The molecule has 0 radical (unpaired) electrons. The molecule has 0 aromatic carbocycles. The Labute approximate surface area is 112 Å². The van der Waals surface area contributed by atoms with E-state index in [1.165, 1.54) is 25.7 Å². The number of carboxylic acids is 1. The highest BCUT2D eigenvalue weighted by atomic mass is 16.4. The summed E-state index contributed by atoms with van der Waals surface area (Å²) in [5.74, 6) is -0.688. The van der Waals surface area contributed by atoms with Crippen LogP contribution in [0.2, 0.25) is 0 Å². The second-order valence-electron chi connectivity index (χ2n) is 4.66. The van der Waals surface area contributed by atoms with E-state index in [4.69, 9.17) is 5.11 Å². The first-order valence-electron chi connectivity index (χ1n) is 7.29. The molecule has 2 nitrogen and oxygen atoms in total. The van der Waals surface area contributed by atoms with E-state index in [2.05, 4.69) is 31.2 Å². The van der Waals surface area contributed by atoms with Gasteiger partial charge in [0.1, 0.15) is 0 Å². The van der Waals surface area contributed by atoms with E-state index in [-0.39, 0.29) is 0 Å². The molecule has 0 spiro atoms. The fourth-order valence-electron chi connectivity index (χ4n) is 1.71. The summed E-state index contributed by atoms with van der Waals surface area (Å²) in [5.41, 5.74) is 0. The van der Waals surface area contributed by atoms with E-state index in [0.717, 1.165) is 32.1 Å². The fraction of sp³-hybridized carbons (Fsp3) is 0.688. The van der Waals surface area contributed by atoms with E-state index in [1.54, 1.807) is 0 Å². The molecule has 0 aromatic rings. The van der Waals surface area contributed by atoms with Crippen LogP contribution in [0.1, 0.15) is 71.1 Å². The first-order chi connectivity index (χ1) is 8.77. The number of carboxylic acid groups (broad SMARTS) is 1. The molecule has 104 valence electrons. The van der Waals surface area contributed by atoms with Crippen molar-refractivity contribution in [1.29, 1.82) is 0 Å². The van der Waals surface area contributed by atoms with Crippen LogP contribution >= 0.6 is 0 Å². The molecule has 0 aliphatic heterocycles. The van der Waals surface area contributed by atoms with Gasteiger partial charge in [-0.2, -0.15) is 0 Å². The lowest BCUT2D eigenvalue weighted by Gasteiger charge is -1.93. The van der Waals surface area contributed by atoms with Crippen LogP contribution in [0.3, 0.4) is 0 Å². The molecule has 0 aromatic heterocycles. The van der Waals surface area contributed by atoms with Gasteiger partial charge < -0.3 is 5.11 Å². The largest absolute Gasteiger partial charge is 0.481 e. The molecule has 0 aliphatic carbocycles. The van der Waals surface area contributed by atoms with Gasteiger partial charge in [-0.25, -0.2) is 0 Å². The van der Waals surface area contributed by atoms with Gasteiger partial charge in [0.05, 0.1) is 0 Å². The third-order valence-corrected chi connectivity index (χ3v) is 2.82. The molecule has 18 heavy (non-hydrogen) atoms. The van der Waals surface area contributed by atoms with Crippen molar-refractivity contribution in [3.8, 4) is 0 Å². The Morgan fingerprint density at radius 1 is 0.833 bits per heavy atom. The molecule has 0 saturated carbocycles. The average molecular weight is 252 g/mol. The van der Waals surface area contributed by atoms with Crippen LogP contribution in [0.5, 0.6) is 0 Å². The number of allylic oxidation sites excluding steroid dienone is 4. The quantitative estimate of drug-likeness (QED) is 0.387. The SMILES string of the molecule is CCCCC/C=C/CC/C=C/CCCCC(=O)O. The molecule has 2 heteroatoms. The first-order valence-corrected chi connectivity index (χ1v) is 7.29. The number of aliphatic carboxylic acids is 1. The minimum atomic E-state index is -0.688. The summed E-state index contributed by atoms with van der Waals surface area (Å²) < 4.78 is 0. The average Bonchev–Trinajstić information content (AvgIpc) is 2.34. The second-order valence-corrected chi connectivity index (χ2v) is 4.66. The van der Waals surface area contributed by atoms with Crippen molar-refractivity contribution in [3.05, 3.63) is 24.3 Å². The summed E-state index contributed by atoms with van der Waals surface area (Å²) in [6.07, 6.45) is 19.4. The van der Waals surface area contributed by atoms with Crippen LogP contribution in [0.15, 0.2) is 24.3 Å². The minimum Gasteiger partial charge on any atom is -0.481 e. The Balaban J connectivity index is 3.20. The standard InChI is InChI=1S/C16H28O2/c1-2-3-4-5-6-7-8-9-10-11-12-13-14-15-16(17)18/h6-7,10-11H,2-5,8-9,12-15H2,1H3,(H,17,18)/b7-6+,11-10+. The maximum Gasteiger partial charge on any atom is 0.303 e. The summed E-state index contributed by atoms with van der Waals surface area (Å²) in [5, 5.41) is 8.47. The third kappa shape index (κ3) is 14.9. The van der Waals surface area contributed by atoms with Gasteiger partial charge in [-0.15, -0.1) is 0 Å². The molecule has 0 rings (SSSR count). The minimum absolute atomic E-state index is 0.300. The molecule has 0 unspecified atom stereocenters. The molecule has 1 N–H and O–H groups in total. The van der Waals surface area contributed by atoms with Crippen molar-refractivity contribution < 1.29 is 9.90 Å². The highest BCUT2D eigenvalue weighted by Gasteiger charge is 1.93. The maximum atomic E-state index is 10.3. The number of rotatable bonds is 12. The van der Waals surface area contributed by atoms with Crippen molar-refractivity contribution in [1.82, 2.24) is 0 Å². The van der Waals surface area contributed by atoms with Gasteiger partial charge in [0, 0.05) is 6.42 Å². The zero-order valence-electron chi connectivity index (χ0n) is 11.7. The molecule has 0 saturated heterocycles. The predicted octanol–water partition coefficient (Wildman–Crippen LogP) is 5.10. The number of hydrogen-bond acceptors (Lipinski definition) is 1. The normalized spacial score (nSPS) is 11.6. The van der Waals surface area contributed by atoms with Crippen LogP contribution in [0.4, 0.5) is 0 Å². The van der Waals surface area contributed by atoms with Gasteiger partial charge in [0.25, 0.3) is 0 Å². The molecular weight excluding hydrogens is 224 g/mol. The maximum absolute atomic E-state index is 10.3. The van der Waals surface area contributed by atoms with Crippen molar-refractivity contribution in [2.45, 2.75) is 71.1 Å². The topological polar surface area (TPSA) is 37.3 Å². The number of hydrogen-bond donors (Lipinski definition) is 1. The monoisotopic (exact) mass is 252 g/mol. The van der Waals surface area contributed by atoms with Gasteiger partial charge in [-0.1, -0.05) is 44.1 Å². The Hall–Kier alpha value is -1.05. The molecule has 0 amide bonds. The lowest BCUT2D eigenvalue weighted by molar-refractivity contribution is -0.137. The van der Waals surface area contributed by atoms with E-state index in [0.29, 0.717) is 6.42 Å². The Morgan fingerprint density at radius 3 is 1.83 bits per heavy atom. The zero-order chi connectivity index (χ0) is 13.5. The predicted molar refractivity (Wildman–Crippen MR) is 77.8 cm³/mol. The van der Waals surface area contributed by atoms with Crippen LogP contribution in [-0.4, -0.2) is 11.1 Å². The van der Waals surface area contributed by atoms with Crippen molar-refractivity contribution in [3.63, 3.8) is 0 Å². The van der Waals surface area contributed by atoms with Gasteiger partial charge in [0.15, 0.2) is 0 Å². The molecule has 0 heterocycles. The molecule has 0 fully saturated rings. The molecular formula is C16H28O2. The third-order valence-electron chi connectivity index (χ3n) is 2.82. The Bertz CT molecular complexity index is 241. The van der Waals surface area contributed by atoms with Crippen molar-refractivity contribution in [2.75, 3.05) is 0 Å². The van der Waals surface area contributed by atoms with Crippen LogP contribution in [0.25, 0.3) is 0 Å². The summed E-state index contributed by atoms with van der Waals surface area (Å²) in [6, 6.07) is 0. The molecule has 0 bridgehead atoms. The second kappa shape index (κ2) is 14.0. The lowest BCUT2D eigenvalue weighted by Crippen LogP contribution is -1.92. The number of unbranched alkanes of at least 4 members (excludes halogenated alkanes) is 6. The zero-order valence-corrected chi connectivity index (χ0v) is 11.7. The highest BCUT2D eigenvalue weighted by molar-refractivity contribution is 5.66. The van der Waals surface area contributed by atoms with E-state index in [1.807, 2.05) is 0 Å². The summed E-state index contributed by atoms with van der Waals surface area (Å²) in [4.78, 5) is 10.3. The van der Waals surface area contributed by atoms with Crippen LogP contribution in [0, 0.1) is 0 Å². The summed E-state index contributed by atoms with van der Waals surface area (Å²) in [6.45, 7) is 2.23. The summed E-state index contributed by atoms with van der Waals surface area (Å²) >= 11 is 0. The van der Waals surface area contributed by atoms with E-state index in [9.17, 15) is 4.79 Å². The fourth-order valence-corrected chi connectivity index (χ4v) is 1.71. The van der Waals surface area contributed by atoms with E-state index >= 15 is 0 Å². The Kier molecular flexibility index (Phi) is 13.2. The van der Waals surface area contributed by atoms with Crippen LogP contribution < -0.4 is 0 Å².